The molecular weight excluding hydrogens is 294 g/mol. The Kier molecular flexibility index (Phi) is 5.13. The van der Waals surface area contributed by atoms with Crippen molar-refractivity contribution >= 4 is 17.7 Å². The van der Waals surface area contributed by atoms with Gasteiger partial charge in [0, 0.05) is 24.3 Å². The second-order valence-electron chi connectivity index (χ2n) is 6.79. The highest BCUT2D eigenvalue weighted by Gasteiger charge is 2.31. The molecule has 1 aliphatic heterocycles. The Morgan fingerprint density at radius 1 is 1.30 bits per heavy atom. The molecule has 126 valence electrons. The monoisotopic (exact) mass is 319 g/mol. The normalized spacial score (nSPS) is 17.9. The molecule has 1 aliphatic rings. The highest BCUT2D eigenvalue weighted by Crippen LogP contribution is 2.21. The maximum atomic E-state index is 12.2. The van der Waals surface area contributed by atoms with Gasteiger partial charge in [0.1, 0.15) is 5.60 Å². The average molecular weight is 319 g/mol. The van der Waals surface area contributed by atoms with E-state index in [0.29, 0.717) is 12.1 Å². The van der Waals surface area contributed by atoms with E-state index in [1.54, 1.807) is 17.0 Å². The van der Waals surface area contributed by atoms with Gasteiger partial charge in [-0.2, -0.15) is 0 Å². The second kappa shape index (κ2) is 6.89. The highest BCUT2D eigenvalue weighted by molar-refractivity contribution is 5.93. The van der Waals surface area contributed by atoms with Gasteiger partial charge >= 0.3 is 6.09 Å². The molecule has 2 rings (SSSR count). The third-order valence-corrected chi connectivity index (χ3v) is 3.72. The number of benzene rings is 1. The van der Waals surface area contributed by atoms with Gasteiger partial charge < -0.3 is 20.7 Å². The number of hydrogen-bond donors (Lipinski definition) is 2. The van der Waals surface area contributed by atoms with Crippen molar-refractivity contribution in [3.63, 3.8) is 0 Å². The van der Waals surface area contributed by atoms with Gasteiger partial charge in [-0.15, -0.1) is 0 Å². The summed E-state index contributed by atoms with van der Waals surface area (Å²) in [4.78, 5) is 25.1. The Morgan fingerprint density at radius 2 is 1.96 bits per heavy atom. The van der Waals surface area contributed by atoms with Crippen molar-refractivity contribution in [2.75, 3.05) is 18.4 Å². The molecule has 0 aliphatic carbocycles. The lowest BCUT2D eigenvalue weighted by Gasteiger charge is -2.29. The molecule has 0 radical (unpaired) electrons. The van der Waals surface area contributed by atoms with E-state index in [1.807, 2.05) is 32.9 Å². The smallest absolute Gasteiger partial charge is 0.410 e. The number of carbonyl (C=O) groups is 2. The number of nitrogens with one attached hydrogen (secondary N) is 1. The van der Waals surface area contributed by atoms with Crippen molar-refractivity contribution in [2.24, 2.45) is 5.73 Å². The number of carbonyl (C=O) groups excluding carboxylic acids is 2. The molecule has 0 aromatic heterocycles. The van der Waals surface area contributed by atoms with E-state index >= 15 is 0 Å². The van der Waals surface area contributed by atoms with Gasteiger partial charge in [-0.1, -0.05) is 0 Å². The van der Waals surface area contributed by atoms with Crippen molar-refractivity contribution in [3.05, 3.63) is 29.8 Å². The van der Waals surface area contributed by atoms with Crippen LogP contribution in [0.2, 0.25) is 0 Å². The molecule has 0 saturated carbocycles. The lowest BCUT2D eigenvalue weighted by atomic mass is 10.2. The lowest BCUT2D eigenvalue weighted by Crippen LogP contribution is -2.42. The van der Waals surface area contributed by atoms with Crippen LogP contribution in [0.1, 0.15) is 44.0 Å². The second-order valence-corrected chi connectivity index (χ2v) is 6.79. The van der Waals surface area contributed by atoms with Crippen LogP contribution in [-0.2, 0) is 4.74 Å². The Bertz CT molecular complexity index is 563. The molecule has 2 amide bonds. The predicted octanol–water partition coefficient (Wildman–Crippen LogP) is 2.60. The standard InChI is InChI=1S/C17H25N3O3/c1-17(2,3)23-16(22)20-10-4-5-14(20)11-19-13-8-6-12(7-9-13)15(18)21/h6-9,14,19H,4-5,10-11H2,1-3H3,(H2,18,21). The molecule has 0 bridgehead atoms. The van der Waals surface area contributed by atoms with Crippen molar-refractivity contribution in [1.29, 1.82) is 0 Å². The van der Waals surface area contributed by atoms with E-state index < -0.39 is 11.5 Å². The number of hydrogen-bond acceptors (Lipinski definition) is 4. The zero-order valence-corrected chi connectivity index (χ0v) is 14.0. The predicted molar refractivity (Wildman–Crippen MR) is 89.4 cm³/mol. The maximum absolute atomic E-state index is 12.2. The van der Waals surface area contributed by atoms with Crippen LogP contribution in [-0.4, -0.2) is 41.6 Å². The maximum Gasteiger partial charge on any atom is 0.410 e. The van der Waals surface area contributed by atoms with E-state index in [2.05, 4.69) is 5.32 Å². The van der Waals surface area contributed by atoms with Gasteiger partial charge in [0.15, 0.2) is 0 Å². The van der Waals surface area contributed by atoms with Gasteiger partial charge in [0.2, 0.25) is 5.91 Å². The van der Waals surface area contributed by atoms with E-state index in [0.717, 1.165) is 25.1 Å². The summed E-state index contributed by atoms with van der Waals surface area (Å²) < 4.78 is 5.45. The molecule has 1 unspecified atom stereocenters. The quantitative estimate of drug-likeness (QED) is 0.893. The fourth-order valence-corrected chi connectivity index (χ4v) is 2.60. The minimum absolute atomic E-state index is 0.112. The Morgan fingerprint density at radius 3 is 2.52 bits per heavy atom. The zero-order chi connectivity index (χ0) is 17.0. The third kappa shape index (κ3) is 4.87. The zero-order valence-electron chi connectivity index (χ0n) is 14.0. The van der Waals surface area contributed by atoms with Crippen LogP contribution in [0.5, 0.6) is 0 Å². The number of likely N-dealkylation sites (tertiary alicyclic amines) is 1. The van der Waals surface area contributed by atoms with Crippen molar-refractivity contribution in [3.8, 4) is 0 Å². The molecule has 6 nitrogen and oxygen atoms in total. The van der Waals surface area contributed by atoms with E-state index in [9.17, 15) is 9.59 Å². The molecule has 6 heteroatoms. The van der Waals surface area contributed by atoms with Gasteiger partial charge in [-0.05, 0) is 57.9 Å². The molecular formula is C17H25N3O3. The number of nitrogens with zero attached hydrogens (tertiary/aromatic N) is 1. The van der Waals surface area contributed by atoms with Crippen LogP contribution in [0.25, 0.3) is 0 Å². The number of ether oxygens (including phenoxy) is 1. The Hall–Kier alpha value is -2.24. The van der Waals surface area contributed by atoms with E-state index in [1.165, 1.54) is 0 Å². The van der Waals surface area contributed by atoms with Crippen LogP contribution in [0.3, 0.4) is 0 Å². The van der Waals surface area contributed by atoms with Crippen molar-refractivity contribution < 1.29 is 14.3 Å². The van der Waals surface area contributed by atoms with E-state index in [-0.39, 0.29) is 12.1 Å². The molecule has 23 heavy (non-hydrogen) atoms. The van der Waals surface area contributed by atoms with E-state index in [4.69, 9.17) is 10.5 Å². The first-order valence-corrected chi connectivity index (χ1v) is 7.89. The Balaban J connectivity index is 1.91. The lowest BCUT2D eigenvalue weighted by molar-refractivity contribution is 0.0235. The fourth-order valence-electron chi connectivity index (χ4n) is 2.60. The largest absolute Gasteiger partial charge is 0.444 e. The number of anilines is 1. The number of rotatable bonds is 4. The molecule has 1 aromatic rings. The molecule has 1 saturated heterocycles. The summed E-state index contributed by atoms with van der Waals surface area (Å²) >= 11 is 0. The molecule has 1 fully saturated rings. The minimum atomic E-state index is -0.484. The molecule has 1 heterocycles. The van der Waals surface area contributed by atoms with Crippen LogP contribution in [0, 0.1) is 0 Å². The summed E-state index contributed by atoms with van der Waals surface area (Å²) in [6.07, 6.45) is 1.67. The molecule has 1 aromatic carbocycles. The van der Waals surface area contributed by atoms with Gasteiger partial charge in [0.25, 0.3) is 0 Å². The summed E-state index contributed by atoms with van der Waals surface area (Å²) in [6, 6.07) is 7.11. The number of primary amides is 1. The third-order valence-electron chi connectivity index (χ3n) is 3.72. The van der Waals surface area contributed by atoms with Gasteiger partial charge in [-0.25, -0.2) is 4.79 Å². The SMILES string of the molecule is CC(C)(C)OC(=O)N1CCCC1CNc1ccc(C(N)=O)cc1. The Labute approximate surface area is 137 Å². The van der Waals surface area contributed by atoms with Crippen LogP contribution >= 0.6 is 0 Å². The molecule has 0 spiro atoms. The average Bonchev–Trinajstić information content (AvgIpc) is 2.92. The topological polar surface area (TPSA) is 84.7 Å². The molecule has 1 atom stereocenters. The molecule has 3 N–H and O–H groups in total. The number of amides is 2. The van der Waals surface area contributed by atoms with Gasteiger partial charge in [0.05, 0.1) is 6.04 Å². The number of nitrogens with two attached hydrogens (primary N) is 1. The summed E-state index contributed by atoms with van der Waals surface area (Å²) in [5, 5.41) is 3.30. The van der Waals surface area contributed by atoms with Gasteiger partial charge in [-0.3, -0.25) is 4.79 Å². The first-order valence-electron chi connectivity index (χ1n) is 7.89. The van der Waals surface area contributed by atoms with Crippen LogP contribution in [0.15, 0.2) is 24.3 Å². The summed E-state index contributed by atoms with van der Waals surface area (Å²) in [5.74, 6) is -0.441. The highest BCUT2D eigenvalue weighted by atomic mass is 16.6. The van der Waals surface area contributed by atoms with Crippen molar-refractivity contribution in [1.82, 2.24) is 4.90 Å². The van der Waals surface area contributed by atoms with Crippen molar-refractivity contribution in [2.45, 2.75) is 45.3 Å². The minimum Gasteiger partial charge on any atom is -0.444 e. The summed E-state index contributed by atoms with van der Waals surface area (Å²) in [5.41, 5.74) is 6.11. The summed E-state index contributed by atoms with van der Waals surface area (Å²) in [7, 11) is 0. The van der Waals surface area contributed by atoms with Crippen LogP contribution in [0.4, 0.5) is 10.5 Å². The fraction of sp³-hybridized carbons (Fsp3) is 0.529. The first kappa shape index (κ1) is 17.1. The first-order chi connectivity index (χ1) is 10.8. The summed E-state index contributed by atoms with van der Waals surface area (Å²) in [6.45, 7) is 6.98. The van der Waals surface area contributed by atoms with Crippen LogP contribution < -0.4 is 11.1 Å².